The number of carbonyl (C=O) groups is 1. The standard InChI is InChI=1S/C7H11N3O/c8-6(7(9)11)4-5-2-1-3-10-5/h4,8,10H,1-3H2,(H2,9,11)/b5-4-,8-6?. The summed E-state index contributed by atoms with van der Waals surface area (Å²) in [6.07, 6.45) is 3.48. The minimum atomic E-state index is -0.675. The van der Waals surface area contributed by atoms with E-state index in [2.05, 4.69) is 5.32 Å². The predicted octanol–water partition coefficient (Wildman–Crippen LogP) is -0.241. The molecule has 11 heavy (non-hydrogen) atoms. The molecule has 0 saturated carbocycles. The maximum atomic E-state index is 10.4. The molecule has 0 atom stereocenters. The molecule has 0 aromatic rings. The third-order valence-corrected chi connectivity index (χ3v) is 1.56. The summed E-state index contributed by atoms with van der Waals surface area (Å²) in [5, 5.41) is 10.2. The van der Waals surface area contributed by atoms with Crippen molar-refractivity contribution in [3.63, 3.8) is 0 Å². The van der Waals surface area contributed by atoms with Gasteiger partial charge in [-0.25, -0.2) is 0 Å². The van der Waals surface area contributed by atoms with Crippen molar-refractivity contribution < 1.29 is 4.79 Å². The number of nitrogens with one attached hydrogen (secondary N) is 2. The number of rotatable bonds is 2. The number of amides is 1. The van der Waals surface area contributed by atoms with E-state index < -0.39 is 5.91 Å². The van der Waals surface area contributed by atoms with Gasteiger partial charge in [0.25, 0.3) is 5.91 Å². The highest BCUT2D eigenvalue weighted by molar-refractivity contribution is 6.41. The molecule has 4 heteroatoms. The molecule has 0 radical (unpaired) electrons. The van der Waals surface area contributed by atoms with Crippen LogP contribution in [0.1, 0.15) is 12.8 Å². The molecule has 0 aromatic carbocycles. The molecule has 1 heterocycles. The van der Waals surface area contributed by atoms with Gasteiger partial charge in [-0.3, -0.25) is 10.2 Å². The van der Waals surface area contributed by atoms with E-state index in [1.54, 1.807) is 0 Å². The van der Waals surface area contributed by atoms with E-state index in [1.165, 1.54) is 6.08 Å². The molecule has 0 spiro atoms. The molecule has 4 N–H and O–H groups in total. The zero-order valence-corrected chi connectivity index (χ0v) is 6.18. The van der Waals surface area contributed by atoms with Gasteiger partial charge >= 0.3 is 0 Å². The summed E-state index contributed by atoms with van der Waals surface area (Å²) >= 11 is 0. The van der Waals surface area contributed by atoms with Crippen LogP contribution >= 0.6 is 0 Å². The van der Waals surface area contributed by atoms with Crippen molar-refractivity contribution >= 4 is 11.6 Å². The van der Waals surface area contributed by atoms with Crippen molar-refractivity contribution in [3.05, 3.63) is 11.8 Å². The van der Waals surface area contributed by atoms with Crippen LogP contribution in [0.15, 0.2) is 11.8 Å². The molecule has 0 unspecified atom stereocenters. The van der Waals surface area contributed by atoms with Crippen LogP contribution in [0.2, 0.25) is 0 Å². The predicted molar refractivity (Wildman–Crippen MR) is 42.2 cm³/mol. The van der Waals surface area contributed by atoms with E-state index in [9.17, 15) is 4.79 Å². The Hall–Kier alpha value is -1.32. The van der Waals surface area contributed by atoms with Gasteiger partial charge in [0.15, 0.2) is 0 Å². The second-order valence-corrected chi connectivity index (χ2v) is 2.48. The first-order valence-electron chi connectivity index (χ1n) is 3.53. The molecule has 1 rings (SSSR count). The number of hydrogen-bond acceptors (Lipinski definition) is 3. The molecule has 0 bridgehead atoms. The Bertz CT molecular complexity index is 212. The molecule has 0 aliphatic carbocycles. The molecule has 1 saturated heterocycles. The summed E-state index contributed by atoms with van der Waals surface area (Å²) in [6.45, 7) is 0.928. The minimum Gasteiger partial charge on any atom is -0.388 e. The molecular weight excluding hydrogens is 142 g/mol. The molecule has 1 aliphatic heterocycles. The lowest BCUT2D eigenvalue weighted by Crippen LogP contribution is -2.21. The van der Waals surface area contributed by atoms with Crippen LogP contribution < -0.4 is 11.1 Å². The molecule has 1 fully saturated rings. The van der Waals surface area contributed by atoms with Gasteiger partial charge in [-0.05, 0) is 18.9 Å². The largest absolute Gasteiger partial charge is 0.388 e. The minimum absolute atomic E-state index is 0.130. The molecular formula is C7H11N3O. The number of primary amides is 1. The van der Waals surface area contributed by atoms with Gasteiger partial charge in [-0.15, -0.1) is 0 Å². The SMILES string of the molecule is N=C(/C=C1/CCCN1)C(N)=O. The quantitative estimate of drug-likeness (QED) is 0.479. The topological polar surface area (TPSA) is 79.0 Å². The van der Waals surface area contributed by atoms with Gasteiger partial charge in [-0.2, -0.15) is 0 Å². The van der Waals surface area contributed by atoms with Crippen molar-refractivity contribution in [1.82, 2.24) is 5.32 Å². The summed E-state index contributed by atoms with van der Waals surface area (Å²) < 4.78 is 0. The third-order valence-electron chi connectivity index (χ3n) is 1.56. The van der Waals surface area contributed by atoms with Crippen LogP contribution in [-0.2, 0) is 4.79 Å². The maximum absolute atomic E-state index is 10.4. The van der Waals surface area contributed by atoms with Gasteiger partial charge in [0.05, 0.1) is 0 Å². The average molecular weight is 153 g/mol. The Morgan fingerprint density at radius 1 is 1.73 bits per heavy atom. The van der Waals surface area contributed by atoms with Gasteiger partial charge in [-0.1, -0.05) is 0 Å². The summed E-state index contributed by atoms with van der Waals surface area (Å²) in [5.74, 6) is -0.675. The second-order valence-electron chi connectivity index (χ2n) is 2.48. The molecule has 60 valence electrons. The molecule has 1 aliphatic rings. The Labute approximate surface area is 65.0 Å². The molecule has 4 nitrogen and oxygen atoms in total. The second kappa shape index (κ2) is 3.18. The van der Waals surface area contributed by atoms with Crippen LogP contribution in [0.4, 0.5) is 0 Å². The lowest BCUT2D eigenvalue weighted by atomic mass is 10.2. The fourth-order valence-corrected chi connectivity index (χ4v) is 0.985. The van der Waals surface area contributed by atoms with Crippen molar-refractivity contribution in [1.29, 1.82) is 5.41 Å². The molecule has 0 aromatic heterocycles. The van der Waals surface area contributed by atoms with Gasteiger partial charge < -0.3 is 11.1 Å². The number of nitrogens with two attached hydrogens (primary N) is 1. The van der Waals surface area contributed by atoms with Crippen LogP contribution in [0, 0.1) is 5.41 Å². The summed E-state index contributed by atoms with van der Waals surface area (Å²) in [7, 11) is 0. The highest BCUT2D eigenvalue weighted by Gasteiger charge is 2.07. The van der Waals surface area contributed by atoms with Gasteiger partial charge in [0.2, 0.25) is 0 Å². The third kappa shape index (κ3) is 2.07. The van der Waals surface area contributed by atoms with E-state index in [1.807, 2.05) is 0 Å². The first-order valence-corrected chi connectivity index (χ1v) is 3.53. The smallest absolute Gasteiger partial charge is 0.266 e. The Morgan fingerprint density at radius 2 is 2.45 bits per heavy atom. The van der Waals surface area contributed by atoms with E-state index in [0.717, 1.165) is 25.1 Å². The lowest BCUT2D eigenvalue weighted by molar-refractivity contribution is -0.111. The zero-order chi connectivity index (χ0) is 8.27. The Kier molecular flexibility index (Phi) is 2.25. The van der Waals surface area contributed by atoms with Crippen molar-refractivity contribution in [3.8, 4) is 0 Å². The van der Waals surface area contributed by atoms with E-state index in [-0.39, 0.29) is 5.71 Å². The summed E-state index contributed by atoms with van der Waals surface area (Å²) in [5.41, 5.74) is 5.69. The van der Waals surface area contributed by atoms with Crippen LogP contribution in [0.5, 0.6) is 0 Å². The van der Waals surface area contributed by atoms with Crippen molar-refractivity contribution in [2.45, 2.75) is 12.8 Å². The van der Waals surface area contributed by atoms with Gasteiger partial charge in [0.1, 0.15) is 5.71 Å². The number of carbonyl (C=O) groups excluding carboxylic acids is 1. The van der Waals surface area contributed by atoms with Crippen LogP contribution in [0.25, 0.3) is 0 Å². The Morgan fingerprint density at radius 3 is 2.91 bits per heavy atom. The fraction of sp³-hybridized carbons (Fsp3) is 0.429. The maximum Gasteiger partial charge on any atom is 0.266 e. The zero-order valence-electron chi connectivity index (χ0n) is 6.18. The normalized spacial score (nSPS) is 19.8. The fourth-order valence-electron chi connectivity index (χ4n) is 0.985. The van der Waals surface area contributed by atoms with E-state index in [4.69, 9.17) is 11.1 Å². The van der Waals surface area contributed by atoms with E-state index >= 15 is 0 Å². The first-order chi connectivity index (χ1) is 5.20. The highest BCUT2D eigenvalue weighted by Crippen LogP contribution is 2.07. The Balaban J connectivity index is 2.56. The van der Waals surface area contributed by atoms with Crippen LogP contribution in [0.3, 0.4) is 0 Å². The number of allylic oxidation sites excluding steroid dienone is 1. The van der Waals surface area contributed by atoms with Crippen molar-refractivity contribution in [2.75, 3.05) is 6.54 Å². The molecule has 1 amide bonds. The van der Waals surface area contributed by atoms with E-state index in [0.29, 0.717) is 0 Å². The lowest BCUT2D eigenvalue weighted by Gasteiger charge is -1.96. The average Bonchev–Trinajstić information content (AvgIpc) is 2.39. The first kappa shape index (κ1) is 7.78. The van der Waals surface area contributed by atoms with Crippen LogP contribution in [-0.4, -0.2) is 18.2 Å². The summed E-state index contributed by atoms with van der Waals surface area (Å²) in [4.78, 5) is 10.4. The summed E-state index contributed by atoms with van der Waals surface area (Å²) in [6, 6.07) is 0. The van der Waals surface area contributed by atoms with Gasteiger partial charge in [0, 0.05) is 12.2 Å². The monoisotopic (exact) mass is 153 g/mol. The number of hydrogen-bond donors (Lipinski definition) is 3. The highest BCUT2D eigenvalue weighted by atomic mass is 16.1. The van der Waals surface area contributed by atoms with Crippen molar-refractivity contribution in [2.24, 2.45) is 5.73 Å².